The molecule has 0 aromatic heterocycles. The molecule has 0 radical (unpaired) electrons. The molecule has 0 spiro atoms. The van der Waals surface area contributed by atoms with Crippen molar-refractivity contribution >= 4 is 40.8 Å². The van der Waals surface area contributed by atoms with Crippen LogP contribution in [0, 0.1) is 0 Å². The maximum atomic E-state index is 10.9. The molecule has 7 heteroatoms. The van der Waals surface area contributed by atoms with E-state index in [4.69, 9.17) is 49.4 Å². The maximum absolute atomic E-state index is 10.9. The molecule has 2 rings (SSSR count). The Morgan fingerprint density at radius 2 is 1.59 bits per heavy atom. The van der Waals surface area contributed by atoms with Gasteiger partial charge < -0.3 is 14.6 Å². The third-order valence-electron chi connectivity index (χ3n) is 2.67. The van der Waals surface area contributed by atoms with Crippen LogP contribution in [0.1, 0.15) is 6.92 Å². The number of hydrogen-bond acceptors (Lipinski definition) is 3. The molecular weight excluding hydrogens is 351 g/mol. The Morgan fingerprint density at radius 1 is 1.00 bits per heavy atom. The quantitative estimate of drug-likeness (QED) is 0.786. The molecule has 0 aliphatic rings. The third kappa shape index (κ3) is 4.19. The molecule has 1 N–H and O–H groups in total. The predicted octanol–water partition coefficient (Wildman–Crippen LogP) is 5.29. The molecule has 0 amide bonds. The zero-order valence-corrected chi connectivity index (χ0v) is 13.6. The average molecular weight is 362 g/mol. The molecule has 0 bridgehead atoms. The van der Waals surface area contributed by atoms with Crippen molar-refractivity contribution in [1.82, 2.24) is 0 Å². The maximum Gasteiger partial charge on any atom is 0.344 e. The minimum absolute atomic E-state index is 0.202. The number of halogens is 3. The van der Waals surface area contributed by atoms with Gasteiger partial charge in [0.25, 0.3) is 0 Å². The van der Waals surface area contributed by atoms with Crippen molar-refractivity contribution in [2.24, 2.45) is 0 Å². The summed E-state index contributed by atoms with van der Waals surface area (Å²) < 4.78 is 11.0. The summed E-state index contributed by atoms with van der Waals surface area (Å²) in [6.45, 7) is 1.41. The lowest BCUT2D eigenvalue weighted by Crippen LogP contribution is -2.23. The van der Waals surface area contributed by atoms with Crippen LogP contribution in [0.15, 0.2) is 36.4 Å². The first-order valence-corrected chi connectivity index (χ1v) is 7.32. The molecule has 0 aliphatic heterocycles. The van der Waals surface area contributed by atoms with Gasteiger partial charge in [0, 0.05) is 16.1 Å². The highest BCUT2D eigenvalue weighted by Gasteiger charge is 2.17. The lowest BCUT2D eigenvalue weighted by atomic mass is 10.3. The molecule has 1 atom stereocenters. The molecule has 0 fully saturated rings. The number of ether oxygens (including phenoxy) is 2. The van der Waals surface area contributed by atoms with Gasteiger partial charge >= 0.3 is 5.97 Å². The van der Waals surface area contributed by atoms with E-state index in [0.29, 0.717) is 26.6 Å². The number of carboxylic acid groups (broad SMARTS) is 1. The van der Waals surface area contributed by atoms with E-state index in [2.05, 4.69) is 0 Å². The van der Waals surface area contributed by atoms with Crippen molar-refractivity contribution in [3.63, 3.8) is 0 Å². The summed E-state index contributed by atoms with van der Waals surface area (Å²) in [7, 11) is 0. The normalized spacial score (nSPS) is 11.8. The van der Waals surface area contributed by atoms with Gasteiger partial charge in [0.05, 0.1) is 5.02 Å². The van der Waals surface area contributed by atoms with Crippen molar-refractivity contribution in [3.05, 3.63) is 51.5 Å². The zero-order chi connectivity index (χ0) is 16.3. The van der Waals surface area contributed by atoms with Gasteiger partial charge in [-0.15, -0.1) is 0 Å². The van der Waals surface area contributed by atoms with E-state index in [1.54, 1.807) is 24.3 Å². The van der Waals surface area contributed by atoms with Gasteiger partial charge in [-0.1, -0.05) is 34.8 Å². The van der Waals surface area contributed by atoms with Gasteiger partial charge in [0.15, 0.2) is 17.6 Å². The van der Waals surface area contributed by atoms with Crippen molar-refractivity contribution in [2.45, 2.75) is 13.0 Å². The Balaban J connectivity index is 2.32. The van der Waals surface area contributed by atoms with Gasteiger partial charge in [0.2, 0.25) is 0 Å². The topological polar surface area (TPSA) is 55.8 Å². The van der Waals surface area contributed by atoms with Crippen LogP contribution < -0.4 is 9.47 Å². The molecule has 0 heterocycles. The molecule has 4 nitrogen and oxygen atoms in total. The van der Waals surface area contributed by atoms with Gasteiger partial charge in [-0.3, -0.25) is 0 Å². The van der Waals surface area contributed by atoms with E-state index < -0.39 is 12.1 Å². The van der Waals surface area contributed by atoms with Crippen molar-refractivity contribution in [1.29, 1.82) is 0 Å². The second kappa shape index (κ2) is 7.09. The fourth-order valence-electron chi connectivity index (χ4n) is 1.58. The SMILES string of the molecule is CC(Oc1cc(Cl)ccc1Oc1ccc(Cl)cc1Cl)C(=O)O. The molecule has 0 saturated heterocycles. The first-order valence-electron chi connectivity index (χ1n) is 6.18. The first-order chi connectivity index (χ1) is 10.4. The van der Waals surface area contributed by atoms with Crippen LogP contribution in [0.4, 0.5) is 0 Å². The summed E-state index contributed by atoms with van der Waals surface area (Å²) in [4.78, 5) is 10.9. The summed E-state index contributed by atoms with van der Waals surface area (Å²) in [5.74, 6) is -0.244. The Kier molecular flexibility index (Phi) is 5.40. The first kappa shape index (κ1) is 16.7. The minimum Gasteiger partial charge on any atom is -0.479 e. The lowest BCUT2D eigenvalue weighted by Gasteiger charge is -2.16. The molecule has 2 aromatic rings. The van der Waals surface area contributed by atoms with Crippen LogP contribution in [0.2, 0.25) is 15.1 Å². The highest BCUT2D eigenvalue weighted by atomic mass is 35.5. The van der Waals surface area contributed by atoms with E-state index in [9.17, 15) is 4.79 Å². The summed E-state index contributed by atoms with van der Waals surface area (Å²) in [6.07, 6.45) is -1.05. The lowest BCUT2D eigenvalue weighted by molar-refractivity contribution is -0.144. The largest absolute Gasteiger partial charge is 0.479 e. The van der Waals surface area contributed by atoms with Crippen LogP contribution in [0.5, 0.6) is 17.2 Å². The average Bonchev–Trinajstić information content (AvgIpc) is 2.44. The zero-order valence-electron chi connectivity index (χ0n) is 11.3. The second-order valence-corrected chi connectivity index (χ2v) is 5.65. The summed E-state index contributed by atoms with van der Waals surface area (Å²) in [5.41, 5.74) is 0. The van der Waals surface area contributed by atoms with Crippen LogP contribution in [0.3, 0.4) is 0 Å². The van der Waals surface area contributed by atoms with E-state index in [0.717, 1.165) is 0 Å². The Hall–Kier alpha value is -1.62. The standard InChI is InChI=1S/C15H11Cl3O4/c1-8(15(19)20)21-14-7-10(17)3-5-13(14)22-12-4-2-9(16)6-11(12)18/h2-8H,1H3,(H,19,20). The van der Waals surface area contributed by atoms with Gasteiger partial charge in [-0.05, 0) is 37.3 Å². The summed E-state index contributed by atoms with van der Waals surface area (Å²) >= 11 is 17.8. The van der Waals surface area contributed by atoms with Crippen LogP contribution in [0.25, 0.3) is 0 Å². The molecule has 0 saturated carbocycles. The van der Waals surface area contributed by atoms with E-state index in [1.165, 1.54) is 19.1 Å². The Labute approximate surface area is 142 Å². The molecule has 116 valence electrons. The van der Waals surface area contributed by atoms with Gasteiger partial charge in [-0.25, -0.2) is 4.79 Å². The fourth-order valence-corrected chi connectivity index (χ4v) is 2.18. The van der Waals surface area contributed by atoms with E-state index >= 15 is 0 Å². The smallest absolute Gasteiger partial charge is 0.344 e. The number of benzene rings is 2. The molecule has 22 heavy (non-hydrogen) atoms. The number of carboxylic acids is 1. The van der Waals surface area contributed by atoms with E-state index in [1.807, 2.05) is 0 Å². The molecule has 0 aliphatic carbocycles. The fraction of sp³-hybridized carbons (Fsp3) is 0.133. The third-order valence-corrected chi connectivity index (χ3v) is 3.44. The van der Waals surface area contributed by atoms with Crippen molar-refractivity contribution < 1.29 is 19.4 Å². The van der Waals surface area contributed by atoms with E-state index in [-0.39, 0.29) is 5.75 Å². The molecule has 1 unspecified atom stereocenters. The van der Waals surface area contributed by atoms with Crippen LogP contribution in [-0.4, -0.2) is 17.2 Å². The van der Waals surface area contributed by atoms with Gasteiger partial charge in [0.1, 0.15) is 5.75 Å². The number of rotatable bonds is 5. The minimum atomic E-state index is -1.10. The van der Waals surface area contributed by atoms with Crippen molar-refractivity contribution in [3.8, 4) is 17.2 Å². The highest BCUT2D eigenvalue weighted by Crippen LogP contribution is 2.38. The molecular formula is C15H11Cl3O4. The Morgan fingerprint density at radius 3 is 2.18 bits per heavy atom. The predicted molar refractivity (Wildman–Crippen MR) is 85.7 cm³/mol. The van der Waals surface area contributed by atoms with Crippen LogP contribution in [-0.2, 0) is 4.79 Å². The number of aliphatic carboxylic acids is 1. The summed E-state index contributed by atoms with van der Waals surface area (Å²) in [6, 6.07) is 9.40. The Bertz CT molecular complexity index is 703. The summed E-state index contributed by atoms with van der Waals surface area (Å²) in [5, 5.41) is 10.1. The van der Waals surface area contributed by atoms with Crippen molar-refractivity contribution in [2.75, 3.05) is 0 Å². The van der Waals surface area contributed by atoms with Crippen LogP contribution >= 0.6 is 34.8 Å². The number of hydrogen-bond donors (Lipinski definition) is 1. The monoisotopic (exact) mass is 360 g/mol. The molecule has 2 aromatic carbocycles. The van der Waals surface area contributed by atoms with Gasteiger partial charge in [-0.2, -0.15) is 0 Å². The highest BCUT2D eigenvalue weighted by molar-refractivity contribution is 6.35. The number of carbonyl (C=O) groups is 1. The second-order valence-electron chi connectivity index (χ2n) is 4.37.